The van der Waals surface area contributed by atoms with E-state index in [2.05, 4.69) is 50.3 Å². The number of pyridine rings is 1. The molecule has 7 heteroatoms. The number of amides is 2. The first-order chi connectivity index (χ1) is 13.0. The molecule has 6 nitrogen and oxygen atoms in total. The minimum absolute atomic E-state index is 0.112. The summed E-state index contributed by atoms with van der Waals surface area (Å²) in [5.41, 5.74) is 1.51. The summed E-state index contributed by atoms with van der Waals surface area (Å²) in [5, 5.41) is 5.59. The first-order valence-corrected chi connectivity index (χ1v) is 9.83. The smallest absolute Gasteiger partial charge is 0.251 e. The van der Waals surface area contributed by atoms with E-state index >= 15 is 0 Å². The SMILES string of the molecule is CCN(CC)c1ccc(CNC(=O)CCNC(=O)c2ccc(Br)cc2)cn1. The van der Waals surface area contributed by atoms with Crippen LogP contribution in [0.25, 0.3) is 0 Å². The number of nitrogens with one attached hydrogen (secondary N) is 2. The molecule has 0 fully saturated rings. The van der Waals surface area contributed by atoms with E-state index in [0.717, 1.165) is 28.9 Å². The Morgan fingerprint density at radius 1 is 1.04 bits per heavy atom. The number of hydrogen-bond donors (Lipinski definition) is 2. The largest absolute Gasteiger partial charge is 0.357 e. The zero-order chi connectivity index (χ0) is 19.6. The Labute approximate surface area is 168 Å². The first kappa shape index (κ1) is 20.9. The average Bonchev–Trinajstić information content (AvgIpc) is 2.68. The van der Waals surface area contributed by atoms with Gasteiger partial charge in [-0.2, -0.15) is 0 Å². The van der Waals surface area contributed by atoms with Gasteiger partial charge in [-0.1, -0.05) is 22.0 Å². The van der Waals surface area contributed by atoms with Crippen LogP contribution < -0.4 is 15.5 Å². The monoisotopic (exact) mass is 432 g/mol. The molecule has 2 aromatic rings. The van der Waals surface area contributed by atoms with Crippen molar-refractivity contribution in [3.8, 4) is 0 Å². The molecule has 27 heavy (non-hydrogen) atoms. The molecule has 0 saturated heterocycles. The summed E-state index contributed by atoms with van der Waals surface area (Å²) in [5.74, 6) is 0.635. The maximum absolute atomic E-state index is 12.0. The van der Waals surface area contributed by atoms with Crippen LogP contribution in [0.15, 0.2) is 47.1 Å². The molecule has 0 bridgehead atoms. The fraction of sp³-hybridized carbons (Fsp3) is 0.350. The molecule has 0 atom stereocenters. The van der Waals surface area contributed by atoms with E-state index in [1.54, 1.807) is 30.5 Å². The van der Waals surface area contributed by atoms with Crippen LogP contribution in [0.5, 0.6) is 0 Å². The van der Waals surface area contributed by atoms with Crippen molar-refractivity contribution in [1.82, 2.24) is 15.6 Å². The van der Waals surface area contributed by atoms with Crippen molar-refractivity contribution in [1.29, 1.82) is 0 Å². The van der Waals surface area contributed by atoms with Crippen LogP contribution in [-0.2, 0) is 11.3 Å². The molecule has 1 heterocycles. The molecule has 0 aliphatic carbocycles. The molecule has 0 radical (unpaired) electrons. The van der Waals surface area contributed by atoms with Gasteiger partial charge in [-0.25, -0.2) is 4.98 Å². The molecule has 2 rings (SSSR count). The number of benzene rings is 1. The van der Waals surface area contributed by atoms with Crippen molar-refractivity contribution in [2.45, 2.75) is 26.8 Å². The van der Waals surface area contributed by atoms with Gasteiger partial charge in [0.1, 0.15) is 5.82 Å². The number of aromatic nitrogens is 1. The highest BCUT2D eigenvalue weighted by Gasteiger charge is 2.07. The second-order valence-corrected chi connectivity index (χ2v) is 6.90. The maximum atomic E-state index is 12.0. The minimum Gasteiger partial charge on any atom is -0.357 e. The van der Waals surface area contributed by atoms with E-state index in [0.29, 0.717) is 18.7 Å². The standard InChI is InChI=1S/C20H25BrN4O2/c1-3-25(4-2)18-10-5-15(13-23-18)14-24-19(26)11-12-22-20(27)16-6-8-17(21)9-7-16/h5-10,13H,3-4,11-12,14H2,1-2H3,(H,22,27)(H,24,26). The Kier molecular flexibility index (Phi) is 8.26. The molecule has 0 spiro atoms. The quantitative estimate of drug-likeness (QED) is 0.638. The van der Waals surface area contributed by atoms with Crippen LogP contribution in [0.4, 0.5) is 5.82 Å². The van der Waals surface area contributed by atoms with Gasteiger partial charge in [-0.05, 0) is 49.7 Å². The molecule has 0 unspecified atom stereocenters. The van der Waals surface area contributed by atoms with Gasteiger partial charge in [-0.15, -0.1) is 0 Å². The Bertz CT molecular complexity index is 744. The van der Waals surface area contributed by atoms with Crippen molar-refractivity contribution >= 4 is 33.6 Å². The lowest BCUT2D eigenvalue weighted by Crippen LogP contribution is -2.30. The third-order valence-electron chi connectivity index (χ3n) is 4.13. The summed E-state index contributed by atoms with van der Waals surface area (Å²) in [6.45, 7) is 6.71. The molecule has 2 N–H and O–H groups in total. The lowest BCUT2D eigenvalue weighted by atomic mass is 10.2. The van der Waals surface area contributed by atoms with Crippen LogP contribution in [0.3, 0.4) is 0 Å². The number of carbonyl (C=O) groups is 2. The summed E-state index contributed by atoms with van der Waals surface area (Å²) in [6, 6.07) is 11.0. The molecule has 0 saturated carbocycles. The molecule has 0 aliphatic rings. The highest BCUT2D eigenvalue weighted by molar-refractivity contribution is 9.10. The van der Waals surface area contributed by atoms with Crippen LogP contribution in [0.1, 0.15) is 36.2 Å². The predicted molar refractivity (Wildman–Crippen MR) is 111 cm³/mol. The molecule has 0 aliphatic heterocycles. The first-order valence-electron chi connectivity index (χ1n) is 9.03. The highest BCUT2D eigenvalue weighted by Crippen LogP contribution is 2.11. The summed E-state index contributed by atoms with van der Waals surface area (Å²) in [4.78, 5) is 30.5. The van der Waals surface area contributed by atoms with Gasteiger partial charge in [-0.3, -0.25) is 9.59 Å². The fourth-order valence-corrected chi connectivity index (χ4v) is 2.80. The normalized spacial score (nSPS) is 10.3. The van der Waals surface area contributed by atoms with E-state index in [1.807, 2.05) is 12.1 Å². The van der Waals surface area contributed by atoms with Crippen molar-refractivity contribution in [2.24, 2.45) is 0 Å². The van der Waals surface area contributed by atoms with Crippen molar-refractivity contribution in [2.75, 3.05) is 24.5 Å². The summed E-state index contributed by atoms with van der Waals surface area (Å²) < 4.78 is 0.915. The van der Waals surface area contributed by atoms with Gasteiger partial charge in [0.2, 0.25) is 5.91 Å². The van der Waals surface area contributed by atoms with E-state index in [-0.39, 0.29) is 18.2 Å². The molecule has 144 valence electrons. The lowest BCUT2D eigenvalue weighted by Gasteiger charge is -2.19. The summed E-state index contributed by atoms with van der Waals surface area (Å²) in [6.07, 6.45) is 2.01. The minimum atomic E-state index is -0.188. The highest BCUT2D eigenvalue weighted by atomic mass is 79.9. The van der Waals surface area contributed by atoms with Crippen LogP contribution in [0, 0.1) is 0 Å². The second-order valence-electron chi connectivity index (χ2n) is 5.99. The van der Waals surface area contributed by atoms with Crippen molar-refractivity contribution in [3.63, 3.8) is 0 Å². The number of hydrogen-bond acceptors (Lipinski definition) is 4. The van der Waals surface area contributed by atoms with E-state index in [4.69, 9.17) is 0 Å². The maximum Gasteiger partial charge on any atom is 0.251 e. The van der Waals surface area contributed by atoms with Crippen LogP contribution in [-0.4, -0.2) is 36.4 Å². The Balaban J connectivity index is 1.71. The molecular weight excluding hydrogens is 408 g/mol. The number of nitrogens with zero attached hydrogens (tertiary/aromatic N) is 2. The third-order valence-corrected chi connectivity index (χ3v) is 4.66. The zero-order valence-electron chi connectivity index (χ0n) is 15.7. The molecule has 1 aromatic heterocycles. The molecule has 1 aromatic carbocycles. The molecular formula is C20H25BrN4O2. The van der Waals surface area contributed by atoms with Crippen LogP contribution >= 0.6 is 15.9 Å². The number of halogens is 1. The van der Waals surface area contributed by atoms with E-state index in [9.17, 15) is 9.59 Å². The Morgan fingerprint density at radius 3 is 2.33 bits per heavy atom. The Hall–Kier alpha value is -2.41. The second kappa shape index (κ2) is 10.7. The molecule has 2 amide bonds. The number of rotatable bonds is 9. The van der Waals surface area contributed by atoms with Crippen molar-refractivity contribution in [3.05, 3.63) is 58.2 Å². The van der Waals surface area contributed by atoms with Gasteiger partial charge in [0, 0.05) is 48.8 Å². The average molecular weight is 433 g/mol. The number of anilines is 1. The summed E-state index contributed by atoms with van der Waals surface area (Å²) in [7, 11) is 0. The number of carbonyl (C=O) groups excluding carboxylic acids is 2. The van der Waals surface area contributed by atoms with Gasteiger partial charge in [0.05, 0.1) is 0 Å². The van der Waals surface area contributed by atoms with Crippen LogP contribution in [0.2, 0.25) is 0 Å². The predicted octanol–water partition coefficient (Wildman–Crippen LogP) is 3.13. The van der Waals surface area contributed by atoms with Gasteiger partial charge >= 0.3 is 0 Å². The van der Waals surface area contributed by atoms with E-state index in [1.165, 1.54) is 0 Å². The van der Waals surface area contributed by atoms with Gasteiger partial charge in [0.25, 0.3) is 5.91 Å². The van der Waals surface area contributed by atoms with Gasteiger partial charge < -0.3 is 15.5 Å². The van der Waals surface area contributed by atoms with Gasteiger partial charge in [0.15, 0.2) is 0 Å². The third kappa shape index (κ3) is 6.67. The van der Waals surface area contributed by atoms with E-state index < -0.39 is 0 Å². The fourth-order valence-electron chi connectivity index (χ4n) is 2.54. The Morgan fingerprint density at radius 2 is 1.74 bits per heavy atom. The summed E-state index contributed by atoms with van der Waals surface area (Å²) >= 11 is 3.33. The topological polar surface area (TPSA) is 74.3 Å². The lowest BCUT2D eigenvalue weighted by molar-refractivity contribution is -0.121. The van der Waals surface area contributed by atoms with Crippen molar-refractivity contribution < 1.29 is 9.59 Å². The zero-order valence-corrected chi connectivity index (χ0v) is 17.3.